The van der Waals surface area contributed by atoms with Crippen LogP contribution in [0.4, 0.5) is 0 Å². The number of aliphatic hydroxyl groups is 1. The average molecular weight is 482 g/mol. The van der Waals surface area contributed by atoms with Crippen molar-refractivity contribution in [3.63, 3.8) is 0 Å². The number of unbranched alkanes of at least 4 members (excludes halogenated alkanes) is 2. The minimum atomic E-state index is -0.0463. The molecule has 0 radical (unpaired) electrons. The monoisotopic (exact) mass is 480 g/mol. The molecule has 0 aromatic rings. The third-order valence-corrected chi connectivity index (χ3v) is 2.64. The average Bonchev–Trinajstić information content (AvgIpc) is 3.20. The van der Waals surface area contributed by atoms with Gasteiger partial charge in [-0.2, -0.15) is 0 Å². The van der Waals surface area contributed by atoms with Gasteiger partial charge in [-0.3, -0.25) is 0 Å². The molecule has 1 saturated heterocycles. The summed E-state index contributed by atoms with van der Waals surface area (Å²) in [5.74, 6) is 0. The van der Waals surface area contributed by atoms with E-state index >= 15 is 0 Å². The van der Waals surface area contributed by atoms with E-state index in [-0.39, 0.29) is 49.0 Å². The normalized spacial score (nSPS) is 15.7. The second-order valence-electron chi connectivity index (χ2n) is 4.30. The van der Waals surface area contributed by atoms with Crippen molar-refractivity contribution in [1.82, 2.24) is 0 Å². The van der Waals surface area contributed by atoms with Crippen LogP contribution >= 0.6 is 20.3 Å². The number of aliphatic hydroxyl groups excluding tert-OH is 1. The van der Waals surface area contributed by atoms with Gasteiger partial charge in [0.25, 0.3) is 0 Å². The number of hydrogen-bond donors (Lipinski definition) is 1. The molecular weight excluding hydrogens is 450 g/mol. The van der Waals surface area contributed by atoms with Crippen molar-refractivity contribution in [2.75, 3.05) is 6.61 Å². The van der Waals surface area contributed by atoms with Gasteiger partial charge in [-0.25, -0.2) is 0 Å². The van der Waals surface area contributed by atoms with Crippen molar-refractivity contribution in [3.8, 4) is 0 Å². The van der Waals surface area contributed by atoms with E-state index in [9.17, 15) is 0 Å². The Bertz CT molecular complexity index is 144. The molecule has 2 nitrogen and oxygen atoms in total. The van der Waals surface area contributed by atoms with E-state index in [1.165, 1.54) is 25.7 Å². The Balaban J connectivity index is -0.0000000589. The van der Waals surface area contributed by atoms with Gasteiger partial charge in [-0.1, -0.05) is 46.5 Å². The molecule has 0 aliphatic carbocycles. The standard InChI is InChI=1S/C7H16O.C6H12O.CH3.ClH.Cu.HI.Mg/c1-3-5-6-7(8)4-2;1-2-3-4-6-5-7-6;;;;;/h7-8H,3-6H2,1-2H3;6H,2-5H2,1H3;1H3;1H;;1H;/q;;-1;;+1;;+2/p-2/t7-;6-;;;;;/m00...../s1. The van der Waals surface area contributed by atoms with Crippen molar-refractivity contribution >= 4 is 43.4 Å². The quantitative estimate of drug-likeness (QED) is 0.259. The minimum absolute atomic E-state index is 0. The Morgan fingerprint density at radius 1 is 1.20 bits per heavy atom. The number of halogens is 2. The molecule has 0 aromatic heterocycles. The molecule has 0 spiro atoms. The molecule has 1 rings (SSSR count). The largest absolute Gasteiger partial charge is 2.00 e. The zero-order valence-corrected chi connectivity index (χ0v) is 18.7. The van der Waals surface area contributed by atoms with Crippen molar-refractivity contribution in [2.24, 2.45) is 0 Å². The topological polar surface area (TPSA) is 32.8 Å². The maximum absolute atomic E-state index is 8.99. The van der Waals surface area contributed by atoms with Crippen LogP contribution in [0.1, 0.15) is 65.7 Å². The van der Waals surface area contributed by atoms with Gasteiger partial charge in [0.2, 0.25) is 0 Å². The molecule has 1 heterocycles. The maximum Gasteiger partial charge on any atom is 2.00 e. The van der Waals surface area contributed by atoms with Crippen LogP contribution in [-0.4, -0.2) is 47.0 Å². The van der Waals surface area contributed by atoms with Crippen LogP contribution in [0.15, 0.2) is 0 Å². The molecule has 0 bridgehead atoms. The maximum atomic E-state index is 8.99. The van der Waals surface area contributed by atoms with Gasteiger partial charge >= 0.3 is 56.2 Å². The summed E-state index contributed by atoms with van der Waals surface area (Å²) in [5, 5.41) is 8.99. The van der Waals surface area contributed by atoms with E-state index in [1.807, 2.05) is 6.92 Å². The van der Waals surface area contributed by atoms with Gasteiger partial charge in [0.15, 0.2) is 0 Å². The van der Waals surface area contributed by atoms with E-state index < -0.39 is 0 Å². The first-order chi connectivity index (χ1) is 8.24. The van der Waals surface area contributed by atoms with Gasteiger partial charge in [-0.15, -0.1) is 0 Å². The molecule has 1 N–H and O–H groups in total. The molecule has 0 amide bonds. The van der Waals surface area contributed by atoms with Crippen molar-refractivity contribution in [1.29, 1.82) is 0 Å². The summed E-state index contributed by atoms with van der Waals surface area (Å²) >= 11 is 5.87. The molecule has 2 atom stereocenters. The number of ether oxygens (including phenoxy) is 1. The molecule has 20 heavy (non-hydrogen) atoms. The van der Waals surface area contributed by atoms with E-state index in [0.717, 1.165) is 25.9 Å². The zero-order chi connectivity index (χ0) is 13.5. The Morgan fingerprint density at radius 2 is 1.65 bits per heavy atom. The summed E-state index contributed by atoms with van der Waals surface area (Å²) in [4.78, 5) is 0. The van der Waals surface area contributed by atoms with Gasteiger partial charge in [0.05, 0.1) is 18.8 Å². The first kappa shape index (κ1) is 33.7. The van der Waals surface area contributed by atoms with Crippen molar-refractivity contribution in [3.05, 3.63) is 7.43 Å². The fourth-order valence-electron chi connectivity index (χ4n) is 1.31. The summed E-state index contributed by atoms with van der Waals surface area (Å²) < 4.78 is 5.01. The first-order valence-electron chi connectivity index (χ1n) is 6.65. The SMILES string of the molecule is CCCC[C@@H](O)CC.CCCC[C@H]1CO1.[CH3-].[Cl-].[Cu][I].[Mg+2]. The first-order valence-corrected chi connectivity index (χ1v) is 9.69. The van der Waals surface area contributed by atoms with E-state index in [1.54, 1.807) is 20.3 Å². The Morgan fingerprint density at radius 3 is 1.95 bits per heavy atom. The van der Waals surface area contributed by atoms with Crippen LogP contribution in [-0.2, 0) is 17.5 Å². The van der Waals surface area contributed by atoms with E-state index in [2.05, 4.69) is 26.6 Å². The fourth-order valence-corrected chi connectivity index (χ4v) is 1.31. The molecule has 0 unspecified atom stereocenters. The van der Waals surface area contributed by atoms with Crippen LogP contribution in [0.3, 0.4) is 0 Å². The number of epoxide rings is 1. The van der Waals surface area contributed by atoms with Gasteiger partial charge in [0, 0.05) is 0 Å². The number of rotatable bonds is 7. The van der Waals surface area contributed by atoms with Crippen molar-refractivity contribution < 1.29 is 35.0 Å². The molecule has 1 fully saturated rings. The zero-order valence-electron chi connectivity index (χ0n) is 13.4. The second-order valence-corrected chi connectivity index (χ2v) is 4.30. The minimum Gasteiger partial charge on any atom is 2.00 e. The Kier molecular flexibility index (Phi) is 49.4. The molecule has 6 heteroatoms. The summed E-state index contributed by atoms with van der Waals surface area (Å²) in [6, 6.07) is 0. The van der Waals surface area contributed by atoms with E-state index in [4.69, 9.17) is 9.84 Å². The van der Waals surface area contributed by atoms with Gasteiger partial charge in [0.1, 0.15) is 0 Å². The smallest absolute Gasteiger partial charge is 2.00 e. The Labute approximate surface area is 169 Å². The van der Waals surface area contributed by atoms with Crippen molar-refractivity contribution in [2.45, 2.75) is 77.9 Å². The predicted octanol–water partition coefficient (Wildman–Crippen LogP) is 1.48. The fraction of sp³-hybridized carbons (Fsp3) is 0.929. The second kappa shape index (κ2) is 29.3. The summed E-state index contributed by atoms with van der Waals surface area (Å²) in [6.45, 7) is 7.39. The van der Waals surface area contributed by atoms with Crippen LogP contribution < -0.4 is 12.4 Å². The predicted molar refractivity (Wildman–Crippen MR) is 91.3 cm³/mol. The molecule has 1 aliphatic rings. The molecule has 126 valence electrons. The molecule has 1 aliphatic heterocycles. The van der Waals surface area contributed by atoms with Gasteiger partial charge in [-0.05, 0) is 19.3 Å². The Hall–Kier alpha value is 2.23. The molecule has 0 aromatic carbocycles. The van der Waals surface area contributed by atoms with Crippen LogP contribution in [0, 0.1) is 7.43 Å². The summed E-state index contributed by atoms with van der Waals surface area (Å²) in [7, 11) is 0. The molecule has 0 saturated carbocycles. The third-order valence-electron chi connectivity index (χ3n) is 2.64. The van der Waals surface area contributed by atoms with E-state index in [0.29, 0.717) is 6.10 Å². The number of hydrogen-bond acceptors (Lipinski definition) is 2. The summed E-state index contributed by atoms with van der Waals surface area (Å²) in [5.41, 5.74) is 0. The third kappa shape index (κ3) is 32.2. The van der Waals surface area contributed by atoms with Crippen LogP contribution in [0.25, 0.3) is 0 Å². The van der Waals surface area contributed by atoms with Crippen LogP contribution in [0.5, 0.6) is 0 Å². The molecular formula is C14H31ClCuIMgO2. The van der Waals surface area contributed by atoms with Crippen LogP contribution in [0.2, 0.25) is 0 Å². The van der Waals surface area contributed by atoms with Gasteiger partial charge < -0.3 is 29.7 Å². The summed E-state index contributed by atoms with van der Waals surface area (Å²) in [6.07, 6.45) is 8.77.